The van der Waals surface area contributed by atoms with Gasteiger partial charge < -0.3 is 4.42 Å². The van der Waals surface area contributed by atoms with Gasteiger partial charge in [-0.05, 0) is 37.0 Å². The van der Waals surface area contributed by atoms with Gasteiger partial charge in [0.2, 0.25) is 21.8 Å². The molecular formula is C17H21FN4O3S. The first kappa shape index (κ1) is 17.6. The molecule has 0 aliphatic carbocycles. The van der Waals surface area contributed by atoms with Gasteiger partial charge in [0.05, 0.1) is 12.8 Å². The molecule has 1 aromatic carbocycles. The van der Waals surface area contributed by atoms with Crippen LogP contribution in [0.25, 0.3) is 11.5 Å². The fraction of sp³-hybridized carbons (Fsp3) is 0.529. The molecule has 0 unspecified atom stereocenters. The van der Waals surface area contributed by atoms with Crippen LogP contribution in [0.5, 0.6) is 0 Å². The van der Waals surface area contributed by atoms with E-state index in [9.17, 15) is 12.8 Å². The molecule has 5 rings (SSSR count). The van der Waals surface area contributed by atoms with Crippen LogP contribution in [0.2, 0.25) is 0 Å². The van der Waals surface area contributed by atoms with E-state index in [4.69, 9.17) is 4.42 Å². The zero-order valence-electron chi connectivity index (χ0n) is 14.5. The van der Waals surface area contributed by atoms with Crippen molar-refractivity contribution < 1.29 is 17.2 Å². The van der Waals surface area contributed by atoms with Crippen molar-refractivity contribution in [1.82, 2.24) is 19.4 Å². The van der Waals surface area contributed by atoms with Crippen molar-refractivity contribution >= 4 is 10.0 Å². The number of rotatable bonds is 4. The van der Waals surface area contributed by atoms with Crippen LogP contribution >= 0.6 is 0 Å². The molecule has 2 bridgehead atoms. The molecule has 3 aliphatic heterocycles. The Morgan fingerprint density at radius 1 is 1.23 bits per heavy atom. The highest BCUT2D eigenvalue weighted by Gasteiger charge is 2.38. The highest BCUT2D eigenvalue weighted by atomic mass is 32.2. The Labute approximate surface area is 151 Å². The molecule has 3 saturated heterocycles. The van der Waals surface area contributed by atoms with Gasteiger partial charge in [0.1, 0.15) is 5.82 Å². The standard InChI is InChI=1S/C17H21FN4O3S/c1-26(23,24)22-9-12-5-6-15(10-22)21(8-12)11-16-19-20-17(25-16)13-3-2-4-14(18)7-13/h2-4,7,12,15H,5-6,8-11H2,1H3/t12-,15-/m0/s1. The van der Waals surface area contributed by atoms with E-state index in [1.54, 1.807) is 16.4 Å². The molecule has 3 aliphatic rings. The lowest BCUT2D eigenvalue weighted by Crippen LogP contribution is -2.43. The van der Waals surface area contributed by atoms with Crippen molar-refractivity contribution in [1.29, 1.82) is 0 Å². The van der Waals surface area contributed by atoms with Gasteiger partial charge in [0, 0.05) is 31.2 Å². The average Bonchev–Trinajstić information content (AvgIpc) is 2.83. The van der Waals surface area contributed by atoms with Crippen LogP contribution in [0.3, 0.4) is 0 Å². The van der Waals surface area contributed by atoms with Crippen LogP contribution in [-0.4, -0.2) is 59.8 Å². The normalized spacial score (nSPS) is 24.7. The summed E-state index contributed by atoms with van der Waals surface area (Å²) < 4.78 is 44.5. The quantitative estimate of drug-likeness (QED) is 0.804. The molecular weight excluding hydrogens is 359 g/mol. The molecule has 1 aromatic heterocycles. The molecule has 7 nitrogen and oxygen atoms in total. The molecule has 2 atom stereocenters. The van der Waals surface area contributed by atoms with Crippen LogP contribution in [0.1, 0.15) is 18.7 Å². The van der Waals surface area contributed by atoms with Crippen LogP contribution < -0.4 is 0 Å². The summed E-state index contributed by atoms with van der Waals surface area (Å²) in [4.78, 5) is 2.22. The molecule has 140 valence electrons. The fourth-order valence-electron chi connectivity index (χ4n) is 3.83. The summed E-state index contributed by atoms with van der Waals surface area (Å²) in [7, 11) is -3.19. The molecule has 0 N–H and O–H groups in total. The van der Waals surface area contributed by atoms with Gasteiger partial charge in [-0.3, -0.25) is 4.90 Å². The summed E-state index contributed by atoms with van der Waals surface area (Å²) in [6, 6.07) is 6.19. The summed E-state index contributed by atoms with van der Waals surface area (Å²) in [5.41, 5.74) is 0.546. The van der Waals surface area contributed by atoms with Crippen molar-refractivity contribution in [2.24, 2.45) is 5.92 Å². The topological polar surface area (TPSA) is 79.5 Å². The minimum absolute atomic E-state index is 0.146. The smallest absolute Gasteiger partial charge is 0.247 e. The van der Waals surface area contributed by atoms with E-state index in [1.807, 2.05) is 0 Å². The fourth-order valence-corrected chi connectivity index (χ4v) is 4.75. The summed E-state index contributed by atoms with van der Waals surface area (Å²) in [6.07, 6.45) is 3.26. The third-order valence-electron chi connectivity index (χ3n) is 5.14. The van der Waals surface area contributed by atoms with Crippen molar-refractivity contribution in [2.45, 2.75) is 25.4 Å². The summed E-state index contributed by atoms with van der Waals surface area (Å²) in [6.45, 7) is 2.36. The van der Waals surface area contributed by atoms with Crippen molar-refractivity contribution in [3.63, 3.8) is 0 Å². The molecule has 4 heterocycles. The number of hydrogen-bond donors (Lipinski definition) is 0. The molecule has 26 heavy (non-hydrogen) atoms. The van der Waals surface area contributed by atoms with E-state index in [-0.39, 0.29) is 17.7 Å². The van der Waals surface area contributed by atoms with Crippen molar-refractivity contribution in [2.75, 3.05) is 25.9 Å². The molecule has 3 fully saturated rings. The number of hydrogen-bond acceptors (Lipinski definition) is 6. The van der Waals surface area contributed by atoms with E-state index >= 15 is 0 Å². The molecule has 0 radical (unpaired) electrons. The lowest BCUT2D eigenvalue weighted by molar-refractivity contribution is 0.114. The van der Waals surface area contributed by atoms with E-state index in [1.165, 1.54) is 18.4 Å². The Kier molecular flexibility index (Phi) is 4.54. The first-order chi connectivity index (χ1) is 12.4. The molecule has 9 heteroatoms. The molecule has 0 spiro atoms. The predicted molar refractivity (Wildman–Crippen MR) is 93.0 cm³/mol. The Balaban J connectivity index is 1.50. The minimum atomic E-state index is -3.19. The number of aromatic nitrogens is 2. The number of nitrogens with zero attached hydrogens (tertiary/aromatic N) is 4. The number of fused-ring (bicyclic) bond motifs is 4. The highest BCUT2D eigenvalue weighted by molar-refractivity contribution is 7.88. The second-order valence-electron chi connectivity index (χ2n) is 7.12. The maximum Gasteiger partial charge on any atom is 0.247 e. The summed E-state index contributed by atoms with van der Waals surface area (Å²) >= 11 is 0. The van der Waals surface area contributed by atoms with Crippen LogP contribution in [-0.2, 0) is 16.6 Å². The van der Waals surface area contributed by atoms with E-state index in [0.29, 0.717) is 37.0 Å². The second-order valence-corrected chi connectivity index (χ2v) is 9.10. The Morgan fingerprint density at radius 2 is 2.08 bits per heavy atom. The molecule has 2 aromatic rings. The largest absolute Gasteiger partial charge is 0.419 e. The van der Waals surface area contributed by atoms with Gasteiger partial charge in [-0.15, -0.1) is 10.2 Å². The van der Waals surface area contributed by atoms with Crippen LogP contribution in [0.15, 0.2) is 28.7 Å². The predicted octanol–water partition coefficient (Wildman–Crippen LogP) is 1.73. The lowest BCUT2D eigenvalue weighted by Gasteiger charge is -2.34. The van der Waals surface area contributed by atoms with Gasteiger partial charge in [0.15, 0.2) is 0 Å². The maximum absolute atomic E-state index is 13.4. The third kappa shape index (κ3) is 3.65. The van der Waals surface area contributed by atoms with Gasteiger partial charge in [-0.25, -0.2) is 17.1 Å². The molecule has 0 amide bonds. The van der Waals surface area contributed by atoms with Gasteiger partial charge >= 0.3 is 0 Å². The SMILES string of the molecule is CS(=O)(=O)N1C[C@H]2CC[C@@H](C1)N(Cc1nnc(-c3cccc(F)c3)o1)C2. The third-order valence-corrected chi connectivity index (χ3v) is 6.38. The zero-order valence-corrected chi connectivity index (χ0v) is 15.3. The molecule has 0 saturated carbocycles. The number of piperidine rings is 1. The van der Waals surface area contributed by atoms with Gasteiger partial charge in [0.25, 0.3) is 0 Å². The summed E-state index contributed by atoms with van der Waals surface area (Å²) in [5.74, 6) is 0.710. The lowest BCUT2D eigenvalue weighted by atomic mass is 9.95. The maximum atomic E-state index is 13.4. The Hall–Kier alpha value is -1.84. The van der Waals surface area contributed by atoms with Crippen LogP contribution in [0.4, 0.5) is 4.39 Å². The Bertz CT molecular complexity index is 901. The number of halogens is 1. The van der Waals surface area contributed by atoms with Crippen molar-refractivity contribution in [3.8, 4) is 11.5 Å². The van der Waals surface area contributed by atoms with E-state index in [2.05, 4.69) is 15.1 Å². The Morgan fingerprint density at radius 3 is 2.85 bits per heavy atom. The highest BCUT2D eigenvalue weighted by Crippen LogP contribution is 2.30. The average molecular weight is 380 g/mol. The first-order valence-corrected chi connectivity index (χ1v) is 10.5. The van der Waals surface area contributed by atoms with Crippen molar-refractivity contribution in [3.05, 3.63) is 36.0 Å². The van der Waals surface area contributed by atoms with Gasteiger partial charge in [-0.1, -0.05) is 6.07 Å². The number of sulfonamides is 1. The van der Waals surface area contributed by atoms with Crippen LogP contribution in [0, 0.1) is 11.7 Å². The number of benzene rings is 1. The second kappa shape index (κ2) is 6.71. The van der Waals surface area contributed by atoms with E-state index < -0.39 is 10.0 Å². The monoisotopic (exact) mass is 380 g/mol. The minimum Gasteiger partial charge on any atom is -0.419 e. The first-order valence-electron chi connectivity index (χ1n) is 8.66. The zero-order chi connectivity index (χ0) is 18.3. The summed E-state index contributed by atoms with van der Waals surface area (Å²) in [5, 5.41) is 8.10. The van der Waals surface area contributed by atoms with Gasteiger partial charge in [-0.2, -0.15) is 0 Å². The van der Waals surface area contributed by atoms with E-state index in [0.717, 1.165) is 19.4 Å².